The Balaban J connectivity index is 2.43. The highest BCUT2D eigenvalue weighted by molar-refractivity contribution is 5.92. The molecule has 0 spiro atoms. The number of carbonyl (C=O) groups excluding carboxylic acids is 1. The molecule has 1 heterocycles. The second kappa shape index (κ2) is 4.94. The summed E-state index contributed by atoms with van der Waals surface area (Å²) in [6.45, 7) is 2.33. The quantitative estimate of drug-likeness (QED) is 0.341. The molecule has 0 aromatic carbocycles. The van der Waals surface area contributed by atoms with Gasteiger partial charge in [-0.3, -0.25) is 4.79 Å². The van der Waals surface area contributed by atoms with Crippen LogP contribution in [-0.4, -0.2) is 19.0 Å². The minimum Gasteiger partial charge on any atom is -0.459 e. The van der Waals surface area contributed by atoms with Crippen LogP contribution in [0.4, 0.5) is 0 Å². The Kier molecular flexibility index (Phi) is 3.58. The minimum absolute atomic E-state index is 0.238. The lowest BCUT2D eigenvalue weighted by molar-refractivity contribution is 0.0926. The molecular formula is C8H10N4O2. The van der Waals surface area contributed by atoms with Gasteiger partial charge in [-0.15, -0.1) is 0 Å². The van der Waals surface area contributed by atoms with E-state index in [4.69, 9.17) is 9.95 Å². The fourth-order valence-electron chi connectivity index (χ4n) is 0.950. The smallest absolute Gasteiger partial charge is 0.287 e. The predicted octanol–water partition coefficient (Wildman–Crippen LogP) is 1.63. The second-order valence-electron chi connectivity index (χ2n) is 2.64. The molecular weight excluding hydrogens is 184 g/mol. The van der Waals surface area contributed by atoms with Crippen molar-refractivity contribution >= 4 is 5.91 Å². The van der Waals surface area contributed by atoms with Gasteiger partial charge in [-0.05, 0) is 18.5 Å². The third kappa shape index (κ3) is 2.53. The summed E-state index contributed by atoms with van der Waals surface area (Å²) in [4.78, 5) is 13.9. The lowest BCUT2D eigenvalue weighted by Gasteiger charge is -2.00. The highest BCUT2D eigenvalue weighted by Gasteiger charge is 2.10. The molecule has 74 valence electrons. The van der Waals surface area contributed by atoms with Gasteiger partial charge in [-0.2, -0.15) is 0 Å². The van der Waals surface area contributed by atoms with E-state index in [9.17, 15) is 4.79 Å². The molecule has 6 nitrogen and oxygen atoms in total. The maximum Gasteiger partial charge on any atom is 0.287 e. The van der Waals surface area contributed by atoms with Gasteiger partial charge in [0.25, 0.3) is 5.91 Å². The van der Waals surface area contributed by atoms with Crippen LogP contribution in [0.2, 0.25) is 0 Å². The number of amides is 1. The van der Waals surface area contributed by atoms with Crippen LogP contribution in [-0.2, 0) is 0 Å². The number of aryl methyl sites for hydroxylation is 1. The van der Waals surface area contributed by atoms with Gasteiger partial charge in [0.2, 0.25) is 0 Å². The highest BCUT2D eigenvalue weighted by Crippen LogP contribution is 2.07. The Morgan fingerprint density at radius 3 is 3.14 bits per heavy atom. The van der Waals surface area contributed by atoms with Gasteiger partial charge in [0.1, 0.15) is 0 Å². The van der Waals surface area contributed by atoms with Crippen LogP contribution in [0, 0.1) is 6.92 Å². The van der Waals surface area contributed by atoms with Gasteiger partial charge in [0.15, 0.2) is 5.76 Å². The first-order chi connectivity index (χ1) is 6.75. The minimum atomic E-state index is -0.291. The molecule has 0 saturated heterocycles. The number of hydrogen-bond donors (Lipinski definition) is 1. The zero-order valence-corrected chi connectivity index (χ0v) is 7.73. The van der Waals surface area contributed by atoms with Gasteiger partial charge < -0.3 is 9.73 Å². The molecule has 0 aliphatic carbocycles. The van der Waals surface area contributed by atoms with Crippen molar-refractivity contribution in [3.8, 4) is 0 Å². The predicted molar refractivity (Wildman–Crippen MR) is 49.8 cm³/mol. The maximum absolute atomic E-state index is 11.4. The van der Waals surface area contributed by atoms with Crippen molar-refractivity contribution in [2.45, 2.75) is 6.92 Å². The summed E-state index contributed by atoms with van der Waals surface area (Å²) < 4.78 is 4.97. The fraction of sp³-hybridized carbons (Fsp3) is 0.375. The molecule has 0 bridgehead atoms. The van der Waals surface area contributed by atoms with E-state index in [0.717, 1.165) is 5.56 Å². The van der Waals surface area contributed by atoms with Gasteiger partial charge in [-0.25, -0.2) is 0 Å². The van der Waals surface area contributed by atoms with E-state index in [-0.39, 0.29) is 12.5 Å². The average molecular weight is 194 g/mol. The number of azide groups is 1. The number of carbonyl (C=O) groups is 1. The summed E-state index contributed by atoms with van der Waals surface area (Å²) in [6, 6.07) is 1.71. The molecule has 0 radical (unpaired) electrons. The molecule has 6 heteroatoms. The van der Waals surface area contributed by atoms with E-state index in [1.165, 1.54) is 6.26 Å². The molecule has 1 aromatic rings. The molecule has 0 unspecified atom stereocenters. The largest absolute Gasteiger partial charge is 0.459 e. The van der Waals surface area contributed by atoms with Crippen LogP contribution in [0.25, 0.3) is 10.4 Å². The lowest BCUT2D eigenvalue weighted by atomic mass is 10.3. The van der Waals surface area contributed by atoms with Crippen molar-refractivity contribution in [3.05, 3.63) is 34.1 Å². The van der Waals surface area contributed by atoms with Gasteiger partial charge in [-0.1, -0.05) is 5.11 Å². The molecule has 0 aliphatic rings. The first-order valence-corrected chi connectivity index (χ1v) is 4.09. The van der Waals surface area contributed by atoms with Crippen LogP contribution in [0.5, 0.6) is 0 Å². The molecule has 0 saturated carbocycles. The van der Waals surface area contributed by atoms with Crippen LogP contribution in [0.1, 0.15) is 16.1 Å². The summed E-state index contributed by atoms with van der Waals surface area (Å²) in [5.41, 5.74) is 8.77. The van der Waals surface area contributed by atoms with E-state index in [2.05, 4.69) is 15.3 Å². The molecule has 1 aromatic heterocycles. The number of nitrogens with one attached hydrogen (secondary N) is 1. The molecule has 14 heavy (non-hydrogen) atoms. The molecule has 0 fully saturated rings. The Morgan fingerprint density at radius 1 is 1.79 bits per heavy atom. The Hall–Kier alpha value is -1.94. The molecule has 0 aliphatic heterocycles. The highest BCUT2D eigenvalue weighted by atomic mass is 16.3. The third-order valence-electron chi connectivity index (χ3n) is 1.63. The summed E-state index contributed by atoms with van der Waals surface area (Å²) in [5.74, 6) is 0.00609. The number of furan rings is 1. The first kappa shape index (κ1) is 10.1. The van der Waals surface area contributed by atoms with Crippen LogP contribution in [0.15, 0.2) is 21.9 Å². The second-order valence-corrected chi connectivity index (χ2v) is 2.64. The summed E-state index contributed by atoms with van der Waals surface area (Å²) in [5, 5.41) is 5.85. The SMILES string of the molecule is Cc1ccoc1C(=O)NCCN=[N+]=[N-]. The van der Waals surface area contributed by atoms with E-state index < -0.39 is 0 Å². The van der Waals surface area contributed by atoms with E-state index in [0.29, 0.717) is 12.3 Å². The Bertz CT molecular complexity index is 365. The van der Waals surface area contributed by atoms with Crippen molar-refractivity contribution in [1.82, 2.24) is 5.32 Å². The van der Waals surface area contributed by atoms with Crippen molar-refractivity contribution < 1.29 is 9.21 Å². The summed E-state index contributed by atoms with van der Waals surface area (Å²) in [7, 11) is 0. The molecule has 0 atom stereocenters. The zero-order chi connectivity index (χ0) is 10.4. The number of hydrogen-bond acceptors (Lipinski definition) is 3. The Labute approximate surface area is 80.5 Å². The topological polar surface area (TPSA) is 91.0 Å². The average Bonchev–Trinajstić information content (AvgIpc) is 2.59. The van der Waals surface area contributed by atoms with Crippen molar-refractivity contribution in [2.24, 2.45) is 5.11 Å². The normalized spacial score (nSPS) is 9.21. The lowest BCUT2D eigenvalue weighted by Crippen LogP contribution is -2.25. The van der Waals surface area contributed by atoms with Gasteiger partial charge in [0.05, 0.1) is 6.26 Å². The number of nitrogens with zero attached hydrogens (tertiary/aromatic N) is 3. The van der Waals surface area contributed by atoms with Gasteiger partial charge >= 0.3 is 0 Å². The monoisotopic (exact) mass is 194 g/mol. The Morgan fingerprint density at radius 2 is 2.57 bits per heavy atom. The van der Waals surface area contributed by atoms with Gasteiger partial charge in [0, 0.05) is 23.6 Å². The zero-order valence-electron chi connectivity index (χ0n) is 7.73. The molecule has 1 amide bonds. The van der Waals surface area contributed by atoms with E-state index in [1.807, 2.05) is 0 Å². The van der Waals surface area contributed by atoms with E-state index in [1.54, 1.807) is 13.0 Å². The molecule has 1 N–H and O–H groups in total. The summed E-state index contributed by atoms with van der Waals surface area (Å²) in [6.07, 6.45) is 1.46. The summed E-state index contributed by atoms with van der Waals surface area (Å²) >= 11 is 0. The van der Waals surface area contributed by atoms with E-state index >= 15 is 0 Å². The number of rotatable bonds is 4. The first-order valence-electron chi connectivity index (χ1n) is 4.09. The van der Waals surface area contributed by atoms with Crippen molar-refractivity contribution in [3.63, 3.8) is 0 Å². The maximum atomic E-state index is 11.4. The van der Waals surface area contributed by atoms with Crippen LogP contribution >= 0.6 is 0 Å². The molecule has 1 rings (SSSR count). The van der Waals surface area contributed by atoms with Crippen LogP contribution < -0.4 is 5.32 Å². The van der Waals surface area contributed by atoms with Crippen molar-refractivity contribution in [2.75, 3.05) is 13.1 Å². The standard InChI is InChI=1S/C8H10N4O2/c1-6-2-5-14-7(6)8(13)10-3-4-11-12-9/h2,5H,3-4H2,1H3,(H,10,13). The van der Waals surface area contributed by atoms with Crippen LogP contribution in [0.3, 0.4) is 0 Å². The fourth-order valence-corrected chi connectivity index (χ4v) is 0.950. The third-order valence-corrected chi connectivity index (χ3v) is 1.63. The van der Waals surface area contributed by atoms with Crippen molar-refractivity contribution in [1.29, 1.82) is 0 Å².